The number of carboxylic acid groups (broad SMARTS) is 1. The van der Waals surface area contributed by atoms with Crippen LogP contribution in [0.15, 0.2) is 0 Å². The molecule has 2 saturated carbocycles. The molecule has 0 amide bonds. The van der Waals surface area contributed by atoms with Gasteiger partial charge in [0.2, 0.25) is 0 Å². The topological polar surface area (TPSA) is 63.3 Å². The van der Waals surface area contributed by atoms with E-state index in [-0.39, 0.29) is 12.0 Å². The molecule has 2 rings (SSSR count). The van der Waals surface area contributed by atoms with Crippen molar-refractivity contribution in [3.8, 4) is 0 Å². The molecule has 2 fully saturated rings. The predicted octanol–water partition coefficient (Wildman–Crippen LogP) is 1.61. The average Bonchev–Trinajstić information content (AvgIpc) is 2.16. The summed E-state index contributed by atoms with van der Waals surface area (Å²) in [5.41, 5.74) is 5.91. The standard InChI is InChI=1S/C11H19NO2/c12-8-5-7-3-1-2-4-9(7)10(6-8)11(13)14/h7-10H,1-6,12H2,(H,13,14). The maximum absolute atomic E-state index is 11.1. The van der Waals surface area contributed by atoms with Crippen LogP contribution in [0.3, 0.4) is 0 Å². The van der Waals surface area contributed by atoms with E-state index < -0.39 is 5.97 Å². The third-order valence-corrected chi connectivity index (χ3v) is 3.96. The molecule has 3 nitrogen and oxygen atoms in total. The van der Waals surface area contributed by atoms with Crippen molar-refractivity contribution in [2.75, 3.05) is 0 Å². The maximum Gasteiger partial charge on any atom is 0.306 e. The number of nitrogens with two attached hydrogens (primary N) is 1. The minimum Gasteiger partial charge on any atom is -0.481 e. The fraction of sp³-hybridized carbons (Fsp3) is 0.909. The van der Waals surface area contributed by atoms with E-state index in [0.29, 0.717) is 18.3 Å². The summed E-state index contributed by atoms with van der Waals surface area (Å²) in [6.07, 6.45) is 6.52. The summed E-state index contributed by atoms with van der Waals surface area (Å²) < 4.78 is 0. The first kappa shape index (κ1) is 9.97. The van der Waals surface area contributed by atoms with E-state index in [2.05, 4.69) is 0 Å². The highest BCUT2D eigenvalue weighted by atomic mass is 16.4. The van der Waals surface area contributed by atoms with Crippen LogP contribution in [0.1, 0.15) is 38.5 Å². The first-order chi connectivity index (χ1) is 6.68. The summed E-state index contributed by atoms with van der Waals surface area (Å²) >= 11 is 0. The number of fused-ring (bicyclic) bond motifs is 1. The van der Waals surface area contributed by atoms with Gasteiger partial charge in [-0.15, -0.1) is 0 Å². The SMILES string of the molecule is NC1CC2CCCCC2C(C(=O)O)C1. The number of carboxylic acids is 1. The molecule has 0 aromatic heterocycles. The molecule has 0 bridgehead atoms. The Balaban J connectivity index is 2.10. The van der Waals surface area contributed by atoms with Gasteiger partial charge in [0.1, 0.15) is 0 Å². The Labute approximate surface area is 84.7 Å². The van der Waals surface area contributed by atoms with Crippen molar-refractivity contribution in [2.24, 2.45) is 23.5 Å². The Morgan fingerprint density at radius 3 is 2.64 bits per heavy atom. The van der Waals surface area contributed by atoms with Crippen molar-refractivity contribution in [3.63, 3.8) is 0 Å². The highest BCUT2D eigenvalue weighted by Crippen LogP contribution is 2.43. The zero-order valence-corrected chi connectivity index (χ0v) is 8.48. The van der Waals surface area contributed by atoms with E-state index in [9.17, 15) is 4.79 Å². The number of aliphatic carboxylic acids is 1. The lowest BCUT2D eigenvalue weighted by Crippen LogP contribution is -2.43. The third kappa shape index (κ3) is 1.78. The van der Waals surface area contributed by atoms with Crippen molar-refractivity contribution < 1.29 is 9.90 Å². The minimum atomic E-state index is -0.628. The molecule has 4 atom stereocenters. The summed E-state index contributed by atoms with van der Waals surface area (Å²) in [5.74, 6) is 0.218. The number of rotatable bonds is 1. The smallest absolute Gasteiger partial charge is 0.306 e. The Hall–Kier alpha value is -0.570. The molecular weight excluding hydrogens is 178 g/mol. The van der Waals surface area contributed by atoms with Gasteiger partial charge < -0.3 is 10.8 Å². The quantitative estimate of drug-likeness (QED) is 0.671. The second-order valence-electron chi connectivity index (χ2n) is 4.88. The monoisotopic (exact) mass is 197 g/mol. The number of hydrogen-bond acceptors (Lipinski definition) is 2. The zero-order chi connectivity index (χ0) is 10.1. The summed E-state index contributed by atoms with van der Waals surface area (Å²) in [4.78, 5) is 11.1. The lowest BCUT2D eigenvalue weighted by molar-refractivity contribution is -0.147. The van der Waals surface area contributed by atoms with E-state index in [1.165, 1.54) is 19.3 Å². The minimum absolute atomic E-state index is 0.121. The molecule has 2 aliphatic carbocycles. The molecule has 4 unspecified atom stereocenters. The molecule has 3 N–H and O–H groups in total. The first-order valence-electron chi connectivity index (χ1n) is 5.67. The van der Waals surface area contributed by atoms with Gasteiger partial charge in [0.25, 0.3) is 0 Å². The predicted molar refractivity (Wildman–Crippen MR) is 53.8 cm³/mol. The van der Waals surface area contributed by atoms with Crippen LogP contribution < -0.4 is 5.73 Å². The molecule has 0 aromatic carbocycles. The second-order valence-corrected chi connectivity index (χ2v) is 4.88. The van der Waals surface area contributed by atoms with Gasteiger partial charge in [-0.25, -0.2) is 0 Å². The van der Waals surface area contributed by atoms with Gasteiger partial charge in [0.15, 0.2) is 0 Å². The molecule has 0 aromatic rings. The molecule has 3 heteroatoms. The molecule has 0 aliphatic heterocycles. The van der Waals surface area contributed by atoms with E-state index in [0.717, 1.165) is 12.8 Å². The summed E-state index contributed by atoms with van der Waals surface area (Å²) in [7, 11) is 0. The first-order valence-corrected chi connectivity index (χ1v) is 5.67. The molecule has 80 valence electrons. The van der Waals surface area contributed by atoms with Crippen molar-refractivity contribution >= 4 is 5.97 Å². The number of hydrogen-bond donors (Lipinski definition) is 2. The molecule has 0 saturated heterocycles. The van der Waals surface area contributed by atoms with Crippen molar-refractivity contribution in [1.29, 1.82) is 0 Å². The Bertz CT molecular complexity index is 229. The van der Waals surface area contributed by atoms with Gasteiger partial charge in [-0.05, 0) is 31.1 Å². The van der Waals surface area contributed by atoms with Crippen molar-refractivity contribution in [1.82, 2.24) is 0 Å². The normalized spacial score (nSPS) is 42.9. The Kier molecular flexibility index (Phi) is 2.77. The largest absolute Gasteiger partial charge is 0.481 e. The summed E-state index contributed by atoms with van der Waals surface area (Å²) in [6.45, 7) is 0. The Morgan fingerprint density at radius 2 is 1.93 bits per heavy atom. The highest BCUT2D eigenvalue weighted by molar-refractivity contribution is 5.70. The summed E-state index contributed by atoms with van der Waals surface area (Å²) in [5, 5.41) is 9.14. The van der Waals surface area contributed by atoms with Crippen LogP contribution >= 0.6 is 0 Å². The third-order valence-electron chi connectivity index (χ3n) is 3.96. The van der Waals surface area contributed by atoms with Crippen LogP contribution in [0.2, 0.25) is 0 Å². The van der Waals surface area contributed by atoms with Crippen LogP contribution in [-0.2, 0) is 4.79 Å². The van der Waals surface area contributed by atoms with Gasteiger partial charge in [-0.1, -0.05) is 19.3 Å². The average molecular weight is 197 g/mol. The fourth-order valence-corrected chi connectivity index (χ4v) is 3.33. The molecule has 0 spiro atoms. The van der Waals surface area contributed by atoms with E-state index in [1.54, 1.807) is 0 Å². The van der Waals surface area contributed by atoms with Gasteiger partial charge >= 0.3 is 5.97 Å². The molecule has 0 heterocycles. The van der Waals surface area contributed by atoms with E-state index in [1.807, 2.05) is 0 Å². The molecule has 14 heavy (non-hydrogen) atoms. The van der Waals surface area contributed by atoms with Gasteiger partial charge in [0.05, 0.1) is 5.92 Å². The van der Waals surface area contributed by atoms with E-state index in [4.69, 9.17) is 10.8 Å². The van der Waals surface area contributed by atoms with Crippen LogP contribution in [0.5, 0.6) is 0 Å². The number of carbonyl (C=O) groups is 1. The highest BCUT2D eigenvalue weighted by Gasteiger charge is 2.41. The lowest BCUT2D eigenvalue weighted by Gasteiger charge is -2.41. The van der Waals surface area contributed by atoms with Crippen LogP contribution in [-0.4, -0.2) is 17.1 Å². The second kappa shape index (κ2) is 3.89. The van der Waals surface area contributed by atoms with Crippen LogP contribution in [0, 0.1) is 17.8 Å². The van der Waals surface area contributed by atoms with Gasteiger partial charge in [-0.3, -0.25) is 4.79 Å². The maximum atomic E-state index is 11.1. The van der Waals surface area contributed by atoms with E-state index >= 15 is 0 Å². The summed E-state index contributed by atoms with van der Waals surface area (Å²) in [6, 6.07) is 0.121. The van der Waals surface area contributed by atoms with Crippen molar-refractivity contribution in [3.05, 3.63) is 0 Å². The van der Waals surface area contributed by atoms with Crippen molar-refractivity contribution in [2.45, 2.75) is 44.6 Å². The van der Waals surface area contributed by atoms with Gasteiger partial charge in [0, 0.05) is 6.04 Å². The van der Waals surface area contributed by atoms with Gasteiger partial charge in [-0.2, -0.15) is 0 Å². The Morgan fingerprint density at radius 1 is 1.21 bits per heavy atom. The fourth-order valence-electron chi connectivity index (χ4n) is 3.33. The van der Waals surface area contributed by atoms with Crippen LogP contribution in [0.4, 0.5) is 0 Å². The molecule has 0 radical (unpaired) electrons. The molecular formula is C11H19NO2. The van der Waals surface area contributed by atoms with Crippen LogP contribution in [0.25, 0.3) is 0 Å². The molecule has 2 aliphatic rings. The zero-order valence-electron chi connectivity index (χ0n) is 8.48. The lowest BCUT2D eigenvalue weighted by atomic mass is 9.64.